The smallest absolute Gasteiger partial charge is 0.472 e. The first-order valence-electron chi connectivity index (χ1n) is 7.68. The van der Waals surface area contributed by atoms with Crippen LogP contribution in [0.5, 0.6) is 5.88 Å². The summed E-state index contributed by atoms with van der Waals surface area (Å²) >= 11 is 0. The zero-order valence-corrected chi connectivity index (χ0v) is 14.9. The Morgan fingerprint density at radius 3 is 2.09 bits per heavy atom. The molecule has 0 aliphatic carbocycles. The summed E-state index contributed by atoms with van der Waals surface area (Å²) in [5, 5.41) is 3.10. The van der Waals surface area contributed by atoms with Crippen LogP contribution in [0.3, 0.4) is 0 Å². The largest absolute Gasteiger partial charge is 0.498 e. The molecule has 1 aliphatic heterocycles. The maximum Gasteiger partial charge on any atom is 0.498 e. The van der Waals surface area contributed by atoms with Crippen LogP contribution in [0.2, 0.25) is 0 Å². The fourth-order valence-electron chi connectivity index (χ4n) is 2.18. The average molecular weight is 306 g/mol. The molecule has 5 nitrogen and oxygen atoms in total. The van der Waals surface area contributed by atoms with Crippen molar-refractivity contribution in [3.8, 4) is 5.88 Å². The van der Waals surface area contributed by atoms with Crippen LogP contribution in [0.1, 0.15) is 48.5 Å². The lowest BCUT2D eigenvalue weighted by Crippen LogP contribution is -2.41. The van der Waals surface area contributed by atoms with E-state index in [9.17, 15) is 0 Å². The Balaban J connectivity index is 2.30. The summed E-state index contributed by atoms with van der Waals surface area (Å²) in [4.78, 5) is 4.52. The highest BCUT2D eigenvalue weighted by atomic mass is 16.7. The van der Waals surface area contributed by atoms with E-state index in [4.69, 9.17) is 14.0 Å². The van der Waals surface area contributed by atoms with E-state index in [1.165, 1.54) is 0 Å². The van der Waals surface area contributed by atoms with Crippen LogP contribution < -0.4 is 15.5 Å². The Kier molecular flexibility index (Phi) is 4.21. The van der Waals surface area contributed by atoms with Crippen molar-refractivity contribution in [2.24, 2.45) is 0 Å². The number of rotatable bonds is 3. The zero-order valence-electron chi connectivity index (χ0n) is 14.9. The van der Waals surface area contributed by atoms with Gasteiger partial charge in [-0.05, 0) is 48.5 Å². The highest BCUT2D eigenvalue weighted by Crippen LogP contribution is 2.37. The summed E-state index contributed by atoms with van der Waals surface area (Å²) in [5.41, 5.74) is -0.154. The summed E-state index contributed by atoms with van der Waals surface area (Å²) in [7, 11) is 1.39. The minimum Gasteiger partial charge on any atom is -0.472 e. The Labute approximate surface area is 133 Å². The van der Waals surface area contributed by atoms with Gasteiger partial charge < -0.3 is 19.4 Å². The van der Waals surface area contributed by atoms with E-state index in [1.807, 2.05) is 67.6 Å². The van der Waals surface area contributed by atoms with Gasteiger partial charge in [-0.25, -0.2) is 0 Å². The molecule has 2 heterocycles. The number of hydrogen-bond acceptors (Lipinski definition) is 5. The summed E-state index contributed by atoms with van der Waals surface area (Å²) in [6, 6.07) is 3.80. The van der Waals surface area contributed by atoms with Crippen LogP contribution in [0.15, 0.2) is 12.1 Å². The summed E-state index contributed by atoms with van der Waals surface area (Å²) in [5.74, 6) is 1.29. The minimum absolute atomic E-state index is 0.288. The fraction of sp³-hybridized carbons (Fsp3) is 0.688. The molecule has 0 spiro atoms. The second-order valence-electron chi connectivity index (χ2n) is 7.64. The topological polar surface area (TPSA) is 52.6 Å². The summed E-state index contributed by atoms with van der Waals surface area (Å²) in [6.07, 6.45) is 0. The van der Waals surface area contributed by atoms with Crippen molar-refractivity contribution in [2.45, 2.75) is 65.3 Å². The van der Waals surface area contributed by atoms with Gasteiger partial charge in [-0.1, -0.05) is 6.07 Å². The van der Waals surface area contributed by atoms with Crippen LogP contribution in [0.25, 0.3) is 0 Å². The molecule has 0 atom stereocenters. The molecule has 0 amide bonds. The molecule has 0 bridgehead atoms. The van der Waals surface area contributed by atoms with Crippen LogP contribution >= 0.6 is 0 Å². The molecular formula is C16H27BN2O3. The third kappa shape index (κ3) is 3.38. The number of nitrogens with one attached hydrogen (secondary N) is 1. The second-order valence-corrected chi connectivity index (χ2v) is 7.64. The van der Waals surface area contributed by atoms with Crippen LogP contribution in [0.4, 0.5) is 5.82 Å². The van der Waals surface area contributed by atoms with Gasteiger partial charge in [0.05, 0.1) is 11.2 Å². The van der Waals surface area contributed by atoms with E-state index >= 15 is 0 Å². The molecule has 1 N–H and O–H groups in total. The van der Waals surface area contributed by atoms with E-state index in [2.05, 4.69) is 10.3 Å². The van der Waals surface area contributed by atoms with Gasteiger partial charge in [0.15, 0.2) is 0 Å². The molecule has 1 saturated heterocycles. The van der Waals surface area contributed by atoms with Crippen molar-refractivity contribution < 1.29 is 14.0 Å². The second kappa shape index (κ2) is 5.42. The van der Waals surface area contributed by atoms with Crippen LogP contribution in [-0.4, -0.2) is 36.0 Å². The highest BCUT2D eigenvalue weighted by molar-refractivity contribution is 6.63. The Morgan fingerprint density at radius 1 is 1.09 bits per heavy atom. The van der Waals surface area contributed by atoms with Crippen molar-refractivity contribution in [2.75, 3.05) is 12.4 Å². The maximum absolute atomic E-state index is 6.09. The monoisotopic (exact) mass is 306 g/mol. The Bertz CT molecular complexity index is 537. The van der Waals surface area contributed by atoms with Crippen molar-refractivity contribution >= 4 is 18.4 Å². The lowest BCUT2D eigenvalue weighted by molar-refractivity contribution is 0.00578. The van der Waals surface area contributed by atoms with E-state index in [1.54, 1.807) is 0 Å². The lowest BCUT2D eigenvalue weighted by atomic mass is 9.79. The highest BCUT2D eigenvalue weighted by Gasteiger charge is 2.52. The molecule has 0 unspecified atom stereocenters. The molecule has 22 heavy (non-hydrogen) atoms. The SMILES string of the molecule is CNc1nc(OC(C)(C)C)ccc1B1OC(C)(C)C(C)(C)O1. The van der Waals surface area contributed by atoms with Crippen molar-refractivity contribution in [3.05, 3.63) is 12.1 Å². The predicted molar refractivity (Wildman–Crippen MR) is 89.9 cm³/mol. The van der Waals surface area contributed by atoms with Gasteiger partial charge in [0.25, 0.3) is 0 Å². The van der Waals surface area contributed by atoms with E-state index in [0.29, 0.717) is 11.7 Å². The fourth-order valence-corrected chi connectivity index (χ4v) is 2.18. The van der Waals surface area contributed by atoms with Crippen molar-refractivity contribution in [3.63, 3.8) is 0 Å². The lowest BCUT2D eigenvalue weighted by Gasteiger charge is -2.32. The van der Waals surface area contributed by atoms with E-state index in [-0.39, 0.29) is 16.8 Å². The average Bonchev–Trinajstić information content (AvgIpc) is 2.56. The first-order valence-corrected chi connectivity index (χ1v) is 7.68. The predicted octanol–water partition coefficient (Wildman–Crippen LogP) is 2.60. The quantitative estimate of drug-likeness (QED) is 0.870. The third-order valence-corrected chi connectivity index (χ3v) is 4.06. The molecule has 2 rings (SSSR count). The molecule has 1 aromatic rings. The number of ether oxygens (including phenoxy) is 1. The number of anilines is 1. The first-order chi connectivity index (χ1) is 9.95. The summed E-state index contributed by atoms with van der Waals surface area (Å²) in [6.45, 7) is 14.1. The van der Waals surface area contributed by atoms with Gasteiger partial charge in [0.1, 0.15) is 11.4 Å². The number of hydrogen-bond donors (Lipinski definition) is 1. The molecule has 1 aromatic heterocycles. The zero-order chi connectivity index (χ0) is 16.8. The minimum atomic E-state index is -0.441. The molecule has 0 saturated carbocycles. The van der Waals surface area contributed by atoms with Gasteiger partial charge in [0.2, 0.25) is 5.88 Å². The molecular weight excluding hydrogens is 279 g/mol. The molecule has 122 valence electrons. The van der Waals surface area contributed by atoms with Gasteiger partial charge in [-0.2, -0.15) is 4.98 Å². The first kappa shape index (κ1) is 17.1. The third-order valence-electron chi connectivity index (χ3n) is 4.06. The van der Waals surface area contributed by atoms with Crippen LogP contribution in [-0.2, 0) is 9.31 Å². The van der Waals surface area contributed by atoms with Gasteiger partial charge in [-0.15, -0.1) is 0 Å². The molecule has 1 aliphatic rings. The number of nitrogens with zero attached hydrogens (tertiary/aromatic N) is 1. The Morgan fingerprint density at radius 2 is 1.64 bits per heavy atom. The molecule has 0 aromatic carbocycles. The van der Waals surface area contributed by atoms with E-state index < -0.39 is 7.12 Å². The molecule has 0 radical (unpaired) electrons. The molecule has 6 heteroatoms. The Hall–Kier alpha value is -1.27. The van der Waals surface area contributed by atoms with E-state index in [0.717, 1.165) is 5.46 Å². The maximum atomic E-state index is 6.09. The normalized spacial score (nSPS) is 20.1. The van der Waals surface area contributed by atoms with Crippen molar-refractivity contribution in [1.29, 1.82) is 0 Å². The van der Waals surface area contributed by atoms with Gasteiger partial charge in [0, 0.05) is 18.6 Å². The number of aromatic nitrogens is 1. The van der Waals surface area contributed by atoms with Crippen molar-refractivity contribution in [1.82, 2.24) is 4.98 Å². The number of pyridine rings is 1. The summed E-state index contributed by atoms with van der Waals surface area (Å²) < 4.78 is 18.0. The van der Waals surface area contributed by atoms with Crippen LogP contribution in [0, 0.1) is 0 Å². The molecule has 1 fully saturated rings. The van der Waals surface area contributed by atoms with Gasteiger partial charge >= 0.3 is 7.12 Å². The van der Waals surface area contributed by atoms with Gasteiger partial charge in [-0.3, -0.25) is 0 Å². The standard InChI is InChI=1S/C16H27BN2O3/c1-14(2,3)20-12-10-9-11(13(18-8)19-12)17-21-15(4,5)16(6,7)22-17/h9-10H,1-8H3,(H,18,19).